The Morgan fingerprint density at radius 2 is 1.69 bits per heavy atom. The maximum Gasteiger partial charge on any atom is 0.326 e. The summed E-state index contributed by atoms with van der Waals surface area (Å²) in [5.74, 6) is 0. The van der Waals surface area contributed by atoms with Crippen molar-refractivity contribution in [1.29, 1.82) is 0 Å². The zero-order chi connectivity index (χ0) is 10.9. The van der Waals surface area contributed by atoms with Gasteiger partial charge in [0.2, 0.25) is 7.37 Å². The fraction of sp³-hybridized carbons (Fsp3) is 1.00. The molecule has 0 radical (unpaired) electrons. The lowest BCUT2D eigenvalue weighted by Crippen LogP contribution is -2.26. The first-order valence-corrected chi connectivity index (χ1v) is 7.96. The van der Waals surface area contributed by atoms with Gasteiger partial charge in [-0.1, -0.05) is 6.92 Å². The van der Waals surface area contributed by atoms with Gasteiger partial charge in [0.25, 0.3) is 0 Å². The molecule has 3 unspecified atom stereocenters. The molecule has 0 bridgehead atoms. The van der Waals surface area contributed by atoms with Crippen molar-refractivity contribution in [2.24, 2.45) is 0 Å². The van der Waals surface area contributed by atoms with Crippen molar-refractivity contribution < 1.29 is 23.4 Å². The molecule has 0 aliphatic heterocycles. The Labute approximate surface area is 78.1 Å². The molecular formula is C6H16O5P2. The van der Waals surface area contributed by atoms with E-state index in [0.717, 1.165) is 13.3 Å². The maximum absolute atomic E-state index is 11.3. The van der Waals surface area contributed by atoms with Crippen LogP contribution in [0.3, 0.4) is 0 Å². The number of hydrogen-bond donors (Lipinski definition) is 2. The van der Waals surface area contributed by atoms with Crippen LogP contribution in [0.1, 0.15) is 20.3 Å². The van der Waals surface area contributed by atoms with Crippen LogP contribution < -0.4 is 0 Å². The largest absolute Gasteiger partial charge is 0.343 e. The van der Waals surface area contributed by atoms with E-state index in [0.29, 0.717) is 0 Å². The summed E-state index contributed by atoms with van der Waals surface area (Å²) < 4.78 is 27.0. The van der Waals surface area contributed by atoms with E-state index in [9.17, 15) is 14.0 Å². The van der Waals surface area contributed by atoms with Crippen molar-refractivity contribution in [3.8, 4) is 0 Å². The van der Waals surface area contributed by atoms with Gasteiger partial charge in [-0.15, -0.1) is 0 Å². The Hall–Kier alpha value is 0.340. The van der Waals surface area contributed by atoms with E-state index in [-0.39, 0.29) is 6.42 Å². The Morgan fingerprint density at radius 1 is 1.31 bits per heavy atom. The van der Waals surface area contributed by atoms with Gasteiger partial charge >= 0.3 is 7.60 Å². The lowest BCUT2D eigenvalue weighted by Gasteiger charge is -2.31. The topological polar surface area (TPSA) is 83.8 Å². The van der Waals surface area contributed by atoms with Crippen molar-refractivity contribution in [2.75, 3.05) is 13.3 Å². The predicted molar refractivity (Wildman–Crippen MR) is 51.3 cm³/mol. The second-order valence-electron chi connectivity index (χ2n) is 3.30. The van der Waals surface area contributed by atoms with Crippen molar-refractivity contribution in [1.82, 2.24) is 0 Å². The molecule has 80 valence electrons. The van der Waals surface area contributed by atoms with Gasteiger partial charge in [0, 0.05) is 13.3 Å². The first-order chi connectivity index (χ1) is 5.52. The Balaban J connectivity index is 4.89. The molecule has 0 aromatic heterocycles. The summed E-state index contributed by atoms with van der Waals surface area (Å²) in [6.45, 7) is 5.10. The minimum Gasteiger partial charge on any atom is -0.343 e. The highest BCUT2D eigenvalue weighted by molar-refractivity contribution is 7.60. The Bertz CT molecular complexity index is 264. The zero-order valence-corrected chi connectivity index (χ0v) is 10.0. The van der Waals surface area contributed by atoms with Gasteiger partial charge in [0.15, 0.2) is 0 Å². The lowest BCUT2D eigenvalue weighted by atomic mass is 10.3. The minimum absolute atomic E-state index is 0.204. The molecule has 0 rings (SSSR count). The van der Waals surface area contributed by atoms with E-state index in [1.165, 1.54) is 6.92 Å². The molecule has 5 nitrogen and oxygen atoms in total. The highest BCUT2D eigenvalue weighted by atomic mass is 31.2. The third-order valence-corrected chi connectivity index (χ3v) is 4.95. The summed E-state index contributed by atoms with van der Waals surface area (Å²) in [7, 11) is -7.27. The lowest BCUT2D eigenvalue weighted by molar-refractivity contribution is 0.134. The molecular weight excluding hydrogens is 214 g/mol. The SMILES string of the molecule is CCC(C)(OP(C)(=O)O)P(C)(=O)O. The molecule has 0 spiro atoms. The van der Waals surface area contributed by atoms with Crippen LogP contribution in [0.2, 0.25) is 0 Å². The van der Waals surface area contributed by atoms with E-state index in [1.807, 2.05) is 0 Å². The molecule has 0 aromatic rings. The minimum atomic E-state index is -3.73. The molecule has 0 aromatic carbocycles. The van der Waals surface area contributed by atoms with E-state index >= 15 is 0 Å². The summed E-state index contributed by atoms with van der Waals surface area (Å²) in [6, 6.07) is 0. The molecule has 0 saturated carbocycles. The molecule has 3 atom stereocenters. The fourth-order valence-corrected chi connectivity index (χ4v) is 3.30. The van der Waals surface area contributed by atoms with Crippen LogP contribution in [0.5, 0.6) is 0 Å². The van der Waals surface area contributed by atoms with Crippen molar-refractivity contribution in [3.05, 3.63) is 0 Å². The standard InChI is InChI=1S/C6H16O5P2/c1-5-6(2,12(3,7)8)11-13(4,9)10/h5H2,1-4H3,(H,7,8)(H,9,10). The van der Waals surface area contributed by atoms with Crippen LogP contribution in [0.4, 0.5) is 0 Å². The van der Waals surface area contributed by atoms with Crippen LogP contribution >= 0.6 is 15.0 Å². The molecule has 13 heavy (non-hydrogen) atoms. The number of rotatable bonds is 4. The molecule has 0 amide bonds. The summed E-state index contributed by atoms with van der Waals surface area (Å²) in [6.07, 6.45) is 0.204. The summed E-state index contributed by atoms with van der Waals surface area (Å²) in [4.78, 5) is 18.2. The van der Waals surface area contributed by atoms with Gasteiger partial charge < -0.3 is 9.79 Å². The van der Waals surface area contributed by atoms with Crippen LogP contribution in [0.15, 0.2) is 0 Å². The molecule has 7 heteroatoms. The van der Waals surface area contributed by atoms with Gasteiger partial charge in [0.1, 0.15) is 5.34 Å². The van der Waals surface area contributed by atoms with Gasteiger partial charge in [-0.2, -0.15) is 0 Å². The maximum atomic E-state index is 11.3. The normalized spacial score (nSPS) is 25.7. The second-order valence-corrected chi connectivity index (χ2v) is 7.79. The summed E-state index contributed by atoms with van der Waals surface area (Å²) in [5, 5.41) is -1.44. The van der Waals surface area contributed by atoms with Gasteiger partial charge in [0.05, 0.1) is 0 Å². The second kappa shape index (κ2) is 3.84. The first-order valence-electron chi connectivity index (χ1n) is 3.83. The molecule has 0 heterocycles. The van der Waals surface area contributed by atoms with Crippen LogP contribution in [-0.2, 0) is 13.7 Å². The Kier molecular flexibility index (Phi) is 3.94. The van der Waals surface area contributed by atoms with Crippen molar-refractivity contribution in [2.45, 2.75) is 25.6 Å². The van der Waals surface area contributed by atoms with Gasteiger partial charge in [-0.25, -0.2) is 0 Å². The highest BCUT2D eigenvalue weighted by Gasteiger charge is 2.42. The fourth-order valence-electron chi connectivity index (χ4n) is 0.799. The monoisotopic (exact) mass is 230 g/mol. The van der Waals surface area contributed by atoms with E-state index in [1.54, 1.807) is 6.92 Å². The van der Waals surface area contributed by atoms with Gasteiger partial charge in [-0.3, -0.25) is 13.7 Å². The average molecular weight is 230 g/mol. The molecule has 0 aliphatic rings. The Morgan fingerprint density at radius 3 is 1.77 bits per heavy atom. The van der Waals surface area contributed by atoms with E-state index < -0.39 is 20.3 Å². The zero-order valence-electron chi connectivity index (χ0n) is 8.22. The highest BCUT2D eigenvalue weighted by Crippen LogP contribution is 2.59. The van der Waals surface area contributed by atoms with Crippen molar-refractivity contribution >= 4 is 15.0 Å². The summed E-state index contributed by atoms with van der Waals surface area (Å²) >= 11 is 0. The predicted octanol–water partition coefficient (Wildman–Crippen LogP) is 1.84. The smallest absolute Gasteiger partial charge is 0.326 e. The van der Waals surface area contributed by atoms with Crippen LogP contribution in [0.25, 0.3) is 0 Å². The van der Waals surface area contributed by atoms with Crippen molar-refractivity contribution in [3.63, 3.8) is 0 Å². The molecule has 0 saturated heterocycles. The van der Waals surface area contributed by atoms with E-state index in [2.05, 4.69) is 0 Å². The molecule has 2 N–H and O–H groups in total. The first kappa shape index (κ1) is 13.3. The average Bonchev–Trinajstić information content (AvgIpc) is 1.81. The van der Waals surface area contributed by atoms with E-state index in [4.69, 9.17) is 9.42 Å². The number of hydrogen-bond acceptors (Lipinski definition) is 3. The third kappa shape index (κ3) is 3.92. The summed E-state index contributed by atoms with van der Waals surface area (Å²) in [5.41, 5.74) is 0. The quantitative estimate of drug-likeness (QED) is 0.720. The molecule has 0 aliphatic carbocycles. The van der Waals surface area contributed by atoms with Crippen LogP contribution in [-0.4, -0.2) is 28.5 Å². The third-order valence-electron chi connectivity index (χ3n) is 1.90. The van der Waals surface area contributed by atoms with Crippen LogP contribution in [0, 0.1) is 0 Å². The van der Waals surface area contributed by atoms with Gasteiger partial charge in [-0.05, 0) is 13.3 Å². The molecule has 0 fully saturated rings.